The largest absolute Gasteiger partial charge is 0.347 e. The first-order chi connectivity index (χ1) is 8.79. The lowest BCUT2D eigenvalue weighted by Crippen LogP contribution is -2.35. The van der Waals surface area contributed by atoms with Crippen LogP contribution in [0.15, 0.2) is 24.7 Å². The van der Waals surface area contributed by atoms with E-state index in [2.05, 4.69) is 26.4 Å². The van der Waals surface area contributed by atoms with E-state index in [-0.39, 0.29) is 0 Å². The number of aromatic nitrogens is 3. The molecule has 18 heavy (non-hydrogen) atoms. The van der Waals surface area contributed by atoms with Crippen LogP contribution >= 0.6 is 0 Å². The predicted octanol–water partition coefficient (Wildman–Crippen LogP) is 1.07. The lowest BCUT2D eigenvalue weighted by molar-refractivity contribution is 0.554. The van der Waals surface area contributed by atoms with Crippen LogP contribution in [0.3, 0.4) is 0 Å². The molecule has 0 spiro atoms. The van der Waals surface area contributed by atoms with Crippen molar-refractivity contribution >= 4 is 5.82 Å². The normalized spacial score (nSPS) is 14.7. The van der Waals surface area contributed by atoms with Gasteiger partial charge in [0.05, 0.1) is 6.54 Å². The van der Waals surface area contributed by atoms with Gasteiger partial charge in [-0.1, -0.05) is 0 Å². The maximum atomic E-state index is 5.85. The van der Waals surface area contributed by atoms with Crippen molar-refractivity contribution in [3.8, 4) is 0 Å². The lowest BCUT2D eigenvalue weighted by atomic mass is 10.1. The minimum atomic E-state index is 0.528. The fourth-order valence-corrected chi connectivity index (χ4v) is 2.45. The Morgan fingerprint density at radius 3 is 3.00 bits per heavy atom. The monoisotopic (exact) mass is 243 g/mol. The summed E-state index contributed by atoms with van der Waals surface area (Å²) >= 11 is 0. The number of imidazole rings is 1. The maximum absolute atomic E-state index is 5.85. The second-order valence-electron chi connectivity index (χ2n) is 4.59. The average Bonchev–Trinajstić information content (AvgIpc) is 2.85. The highest BCUT2D eigenvalue weighted by atomic mass is 15.3. The first-order valence-corrected chi connectivity index (χ1v) is 6.19. The number of nitrogens with zero attached hydrogens (tertiary/aromatic N) is 4. The standard InChI is InChI=1S/C13H17N5/c1-10-2-3-16-13(11(10)8-14)18-7-6-17-5-4-15-12(17)9-18/h2-5H,6-9,14H2,1H3. The summed E-state index contributed by atoms with van der Waals surface area (Å²) < 4.78 is 2.19. The molecular weight excluding hydrogens is 226 g/mol. The van der Waals surface area contributed by atoms with Gasteiger partial charge in [0.15, 0.2) is 0 Å². The Morgan fingerprint density at radius 2 is 2.17 bits per heavy atom. The highest BCUT2D eigenvalue weighted by Crippen LogP contribution is 2.23. The molecule has 1 aliphatic rings. The predicted molar refractivity (Wildman–Crippen MR) is 70.1 cm³/mol. The summed E-state index contributed by atoms with van der Waals surface area (Å²) in [5.41, 5.74) is 8.19. The molecule has 0 bridgehead atoms. The summed E-state index contributed by atoms with van der Waals surface area (Å²) in [6.07, 6.45) is 5.73. The van der Waals surface area contributed by atoms with Gasteiger partial charge in [-0.15, -0.1) is 0 Å². The number of anilines is 1. The van der Waals surface area contributed by atoms with Crippen molar-refractivity contribution in [2.45, 2.75) is 26.6 Å². The Kier molecular flexibility index (Phi) is 2.76. The van der Waals surface area contributed by atoms with E-state index in [1.165, 1.54) is 5.56 Å². The van der Waals surface area contributed by atoms with Gasteiger partial charge in [0.25, 0.3) is 0 Å². The molecule has 0 aromatic carbocycles. The molecule has 0 fully saturated rings. The molecule has 3 rings (SSSR count). The molecule has 2 N–H and O–H groups in total. The molecule has 5 nitrogen and oxygen atoms in total. The SMILES string of the molecule is Cc1ccnc(N2CCn3ccnc3C2)c1CN. The molecular formula is C13H17N5. The van der Waals surface area contributed by atoms with Crippen molar-refractivity contribution in [2.24, 2.45) is 5.73 Å². The van der Waals surface area contributed by atoms with Crippen LogP contribution in [0.25, 0.3) is 0 Å². The van der Waals surface area contributed by atoms with Gasteiger partial charge in [-0.05, 0) is 18.6 Å². The van der Waals surface area contributed by atoms with Crippen molar-refractivity contribution in [2.75, 3.05) is 11.4 Å². The van der Waals surface area contributed by atoms with E-state index < -0.39 is 0 Å². The van der Waals surface area contributed by atoms with Gasteiger partial charge >= 0.3 is 0 Å². The number of fused-ring (bicyclic) bond motifs is 1. The fraction of sp³-hybridized carbons (Fsp3) is 0.385. The van der Waals surface area contributed by atoms with Gasteiger partial charge in [0.1, 0.15) is 11.6 Å². The fourth-order valence-electron chi connectivity index (χ4n) is 2.45. The van der Waals surface area contributed by atoms with Crippen molar-refractivity contribution in [3.05, 3.63) is 41.6 Å². The molecule has 3 heterocycles. The van der Waals surface area contributed by atoms with E-state index in [0.717, 1.165) is 36.8 Å². The van der Waals surface area contributed by atoms with Crippen LogP contribution in [0.4, 0.5) is 5.82 Å². The Labute approximate surface area is 106 Å². The smallest absolute Gasteiger partial charge is 0.133 e. The van der Waals surface area contributed by atoms with Crippen LogP contribution in [0.1, 0.15) is 17.0 Å². The number of rotatable bonds is 2. The number of hydrogen-bond donors (Lipinski definition) is 1. The first-order valence-electron chi connectivity index (χ1n) is 6.19. The molecule has 5 heteroatoms. The Hall–Kier alpha value is -1.88. The van der Waals surface area contributed by atoms with E-state index >= 15 is 0 Å². The number of aryl methyl sites for hydroxylation is 1. The van der Waals surface area contributed by atoms with Crippen molar-refractivity contribution in [1.29, 1.82) is 0 Å². The summed E-state index contributed by atoms with van der Waals surface area (Å²) in [5, 5.41) is 0. The third-order valence-corrected chi connectivity index (χ3v) is 3.52. The molecule has 1 aliphatic heterocycles. The van der Waals surface area contributed by atoms with Gasteiger partial charge in [-0.3, -0.25) is 0 Å². The van der Waals surface area contributed by atoms with Crippen molar-refractivity contribution in [3.63, 3.8) is 0 Å². The zero-order valence-corrected chi connectivity index (χ0v) is 10.5. The van der Waals surface area contributed by atoms with Gasteiger partial charge < -0.3 is 15.2 Å². The topological polar surface area (TPSA) is 60.0 Å². The van der Waals surface area contributed by atoms with E-state index in [1.807, 2.05) is 24.7 Å². The summed E-state index contributed by atoms with van der Waals surface area (Å²) in [4.78, 5) is 11.1. The molecule has 0 radical (unpaired) electrons. The zero-order valence-electron chi connectivity index (χ0n) is 10.5. The Balaban J connectivity index is 1.95. The van der Waals surface area contributed by atoms with Crippen LogP contribution in [0, 0.1) is 6.92 Å². The quantitative estimate of drug-likeness (QED) is 0.857. The van der Waals surface area contributed by atoms with Crippen molar-refractivity contribution in [1.82, 2.24) is 14.5 Å². The molecule has 2 aromatic heterocycles. The second-order valence-corrected chi connectivity index (χ2v) is 4.59. The Morgan fingerprint density at radius 1 is 1.28 bits per heavy atom. The molecule has 0 saturated carbocycles. The third kappa shape index (κ3) is 1.76. The number of pyridine rings is 1. The van der Waals surface area contributed by atoms with E-state index in [1.54, 1.807) is 0 Å². The Bertz CT molecular complexity index is 560. The maximum Gasteiger partial charge on any atom is 0.133 e. The molecule has 0 unspecified atom stereocenters. The van der Waals surface area contributed by atoms with E-state index in [9.17, 15) is 0 Å². The summed E-state index contributed by atoms with van der Waals surface area (Å²) in [6, 6.07) is 2.01. The van der Waals surface area contributed by atoms with E-state index in [4.69, 9.17) is 5.73 Å². The molecule has 0 aliphatic carbocycles. The average molecular weight is 243 g/mol. The van der Waals surface area contributed by atoms with Gasteiger partial charge in [0.2, 0.25) is 0 Å². The van der Waals surface area contributed by atoms with E-state index in [0.29, 0.717) is 6.54 Å². The highest BCUT2D eigenvalue weighted by molar-refractivity contribution is 5.50. The first kappa shape index (κ1) is 11.2. The highest BCUT2D eigenvalue weighted by Gasteiger charge is 2.20. The number of hydrogen-bond acceptors (Lipinski definition) is 4. The summed E-state index contributed by atoms with van der Waals surface area (Å²) in [6.45, 7) is 5.32. The summed E-state index contributed by atoms with van der Waals surface area (Å²) in [7, 11) is 0. The van der Waals surface area contributed by atoms with Crippen LogP contribution in [0.5, 0.6) is 0 Å². The van der Waals surface area contributed by atoms with Crippen LogP contribution in [-0.2, 0) is 19.6 Å². The minimum Gasteiger partial charge on any atom is -0.347 e. The summed E-state index contributed by atoms with van der Waals surface area (Å²) in [5.74, 6) is 2.10. The molecule has 0 atom stereocenters. The van der Waals surface area contributed by atoms with Crippen LogP contribution < -0.4 is 10.6 Å². The van der Waals surface area contributed by atoms with Gasteiger partial charge in [0, 0.05) is 43.8 Å². The lowest BCUT2D eigenvalue weighted by Gasteiger charge is -2.30. The van der Waals surface area contributed by atoms with Crippen molar-refractivity contribution < 1.29 is 0 Å². The minimum absolute atomic E-state index is 0.528. The van der Waals surface area contributed by atoms with Crippen LogP contribution in [0.2, 0.25) is 0 Å². The zero-order chi connectivity index (χ0) is 12.5. The molecule has 94 valence electrons. The second kappa shape index (κ2) is 4.42. The number of nitrogens with two attached hydrogens (primary N) is 1. The molecule has 2 aromatic rings. The van der Waals surface area contributed by atoms with Gasteiger partial charge in [-0.2, -0.15) is 0 Å². The molecule has 0 saturated heterocycles. The third-order valence-electron chi connectivity index (χ3n) is 3.52. The molecule has 0 amide bonds. The van der Waals surface area contributed by atoms with Crippen LogP contribution in [-0.4, -0.2) is 21.1 Å². The van der Waals surface area contributed by atoms with Gasteiger partial charge in [-0.25, -0.2) is 9.97 Å².